The molecule has 4 heteroatoms. The molecule has 1 saturated heterocycles. The van der Waals surface area contributed by atoms with Crippen LogP contribution in [0.4, 0.5) is 5.69 Å². The van der Waals surface area contributed by atoms with Crippen molar-refractivity contribution in [1.82, 2.24) is 0 Å². The first-order valence-corrected chi connectivity index (χ1v) is 7.89. The molecule has 1 fully saturated rings. The zero-order chi connectivity index (χ0) is 13.7. The molecule has 106 valence electrons. The Bertz CT molecular complexity index is 411. The number of benzene rings is 1. The fourth-order valence-corrected chi connectivity index (χ4v) is 3.19. The molecular weight excluding hydrogens is 304 g/mol. The molecule has 0 aromatic heterocycles. The quantitative estimate of drug-likeness (QED) is 0.902. The van der Waals surface area contributed by atoms with Gasteiger partial charge >= 0.3 is 0 Å². The summed E-state index contributed by atoms with van der Waals surface area (Å²) in [5, 5.41) is 0. The van der Waals surface area contributed by atoms with Gasteiger partial charge in [0, 0.05) is 30.7 Å². The predicted octanol–water partition coefficient (Wildman–Crippen LogP) is 3.30. The van der Waals surface area contributed by atoms with Crippen LogP contribution < -0.4 is 10.6 Å². The van der Waals surface area contributed by atoms with Gasteiger partial charge in [-0.1, -0.05) is 13.0 Å². The maximum Gasteiger partial charge on any atom is 0.0750 e. The Kier molecular flexibility index (Phi) is 5.67. The second kappa shape index (κ2) is 7.27. The molecule has 1 atom stereocenters. The Morgan fingerprint density at radius 2 is 2.32 bits per heavy atom. The molecule has 0 bridgehead atoms. The second-order valence-corrected chi connectivity index (χ2v) is 5.93. The van der Waals surface area contributed by atoms with Crippen molar-refractivity contribution in [3.05, 3.63) is 28.2 Å². The number of hydrogen-bond donors (Lipinski definition) is 1. The van der Waals surface area contributed by atoms with Crippen LogP contribution in [-0.4, -0.2) is 25.8 Å². The van der Waals surface area contributed by atoms with E-state index in [2.05, 4.69) is 46.0 Å². The monoisotopic (exact) mass is 326 g/mol. The molecule has 0 saturated carbocycles. The molecule has 1 aromatic carbocycles. The van der Waals surface area contributed by atoms with Gasteiger partial charge in [-0.25, -0.2) is 0 Å². The van der Waals surface area contributed by atoms with Gasteiger partial charge in [0.15, 0.2) is 0 Å². The normalized spacial score (nSPS) is 19.7. The van der Waals surface area contributed by atoms with Gasteiger partial charge in [-0.3, -0.25) is 0 Å². The maximum absolute atomic E-state index is 5.89. The number of nitrogens with two attached hydrogens (primary N) is 1. The van der Waals surface area contributed by atoms with E-state index < -0.39 is 0 Å². The van der Waals surface area contributed by atoms with Crippen molar-refractivity contribution in [3.8, 4) is 0 Å². The summed E-state index contributed by atoms with van der Waals surface area (Å²) < 4.78 is 7.02. The average molecular weight is 327 g/mol. The first kappa shape index (κ1) is 14.8. The van der Waals surface area contributed by atoms with Gasteiger partial charge < -0.3 is 15.4 Å². The standard InChI is InChI=1S/C15H23BrN2O/c1-2-8-19-13-4-3-7-18(11-13)15-6-5-12(10-17)9-14(15)16/h5-6,9,13H,2-4,7-8,10-11,17H2,1H3. The first-order valence-electron chi connectivity index (χ1n) is 7.09. The summed E-state index contributed by atoms with van der Waals surface area (Å²) in [7, 11) is 0. The lowest BCUT2D eigenvalue weighted by Crippen LogP contribution is -2.40. The Morgan fingerprint density at radius 3 is 3.00 bits per heavy atom. The van der Waals surface area contributed by atoms with E-state index in [-0.39, 0.29) is 0 Å². The van der Waals surface area contributed by atoms with E-state index in [1.54, 1.807) is 0 Å². The smallest absolute Gasteiger partial charge is 0.0750 e. The van der Waals surface area contributed by atoms with Gasteiger partial charge in [-0.2, -0.15) is 0 Å². The fraction of sp³-hybridized carbons (Fsp3) is 0.600. The first-order chi connectivity index (χ1) is 9.24. The Hall–Kier alpha value is -0.580. The minimum atomic E-state index is 0.370. The Morgan fingerprint density at radius 1 is 1.47 bits per heavy atom. The third kappa shape index (κ3) is 3.94. The van der Waals surface area contributed by atoms with Gasteiger partial charge in [0.25, 0.3) is 0 Å². The summed E-state index contributed by atoms with van der Waals surface area (Å²) in [5.41, 5.74) is 8.08. The van der Waals surface area contributed by atoms with Crippen molar-refractivity contribution in [3.63, 3.8) is 0 Å². The van der Waals surface area contributed by atoms with E-state index in [9.17, 15) is 0 Å². The highest BCUT2D eigenvalue weighted by atomic mass is 79.9. The maximum atomic E-state index is 5.89. The van der Waals surface area contributed by atoms with Crippen molar-refractivity contribution in [1.29, 1.82) is 0 Å². The molecule has 3 nitrogen and oxygen atoms in total. The molecule has 1 unspecified atom stereocenters. The van der Waals surface area contributed by atoms with Gasteiger partial charge in [0.05, 0.1) is 11.8 Å². The minimum absolute atomic E-state index is 0.370. The van der Waals surface area contributed by atoms with Crippen LogP contribution in [0.25, 0.3) is 0 Å². The summed E-state index contributed by atoms with van der Waals surface area (Å²) in [6.07, 6.45) is 3.83. The fourth-order valence-electron chi connectivity index (χ4n) is 2.51. The van der Waals surface area contributed by atoms with Gasteiger partial charge in [0.1, 0.15) is 0 Å². The molecule has 19 heavy (non-hydrogen) atoms. The predicted molar refractivity (Wildman–Crippen MR) is 83.5 cm³/mol. The molecule has 1 heterocycles. The van der Waals surface area contributed by atoms with Crippen LogP contribution in [0, 0.1) is 0 Å². The highest BCUT2D eigenvalue weighted by Gasteiger charge is 2.21. The van der Waals surface area contributed by atoms with Gasteiger partial charge in [-0.15, -0.1) is 0 Å². The van der Waals surface area contributed by atoms with E-state index in [0.29, 0.717) is 12.6 Å². The van der Waals surface area contributed by atoms with Crippen LogP contribution in [-0.2, 0) is 11.3 Å². The lowest BCUT2D eigenvalue weighted by atomic mass is 10.1. The highest BCUT2D eigenvalue weighted by molar-refractivity contribution is 9.10. The lowest BCUT2D eigenvalue weighted by molar-refractivity contribution is 0.0440. The molecule has 1 aromatic rings. The van der Waals surface area contributed by atoms with Crippen LogP contribution in [0.1, 0.15) is 31.7 Å². The summed E-state index contributed by atoms with van der Waals surface area (Å²) >= 11 is 3.66. The van der Waals surface area contributed by atoms with Crippen molar-refractivity contribution < 1.29 is 4.74 Å². The molecule has 0 aliphatic carbocycles. The molecule has 1 aliphatic heterocycles. The third-order valence-corrected chi connectivity index (χ3v) is 4.16. The van der Waals surface area contributed by atoms with Crippen molar-refractivity contribution in [2.45, 2.75) is 38.8 Å². The summed E-state index contributed by atoms with van der Waals surface area (Å²) in [6, 6.07) is 6.39. The van der Waals surface area contributed by atoms with E-state index in [0.717, 1.165) is 36.2 Å². The van der Waals surface area contributed by atoms with Crippen molar-refractivity contribution >= 4 is 21.6 Å². The number of anilines is 1. The zero-order valence-corrected chi connectivity index (χ0v) is 13.2. The SMILES string of the molecule is CCCOC1CCCN(c2ccc(CN)cc2Br)C1. The number of halogens is 1. The Balaban J connectivity index is 2.04. The molecule has 2 N–H and O–H groups in total. The Labute approximate surface area is 124 Å². The number of nitrogens with zero attached hydrogens (tertiary/aromatic N) is 1. The summed E-state index contributed by atoms with van der Waals surface area (Å²) in [6.45, 7) is 5.70. The second-order valence-electron chi connectivity index (χ2n) is 5.07. The molecule has 2 rings (SSSR count). The average Bonchev–Trinajstić information content (AvgIpc) is 2.45. The van der Waals surface area contributed by atoms with E-state index in [1.807, 2.05) is 0 Å². The number of ether oxygens (including phenoxy) is 1. The molecule has 0 spiro atoms. The topological polar surface area (TPSA) is 38.5 Å². The van der Waals surface area contributed by atoms with Crippen LogP contribution in [0.15, 0.2) is 22.7 Å². The van der Waals surface area contributed by atoms with E-state index in [1.165, 1.54) is 18.5 Å². The third-order valence-electron chi connectivity index (χ3n) is 3.52. The largest absolute Gasteiger partial charge is 0.376 e. The van der Waals surface area contributed by atoms with Crippen LogP contribution in [0.2, 0.25) is 0 Å². The molecular formula is C15H23BrN2O. The number of hydrogen-bond acceptors (Lipinski definition) is 3. The molecule has 0 radical (unpaired) electrons. The van der Waals surface area contributed by atoms with Crippen LogP contribution >= 0.6 is 15.9 Å². The minimum Gasteiger partial charge on any atom is -0.376 e. The van der Waals surface area contributed by atoms with Crippen LogP contribution in [0.5, 0.6) is 0 Å². The molecule has 1 aliphatic rings. The summed E-state index contributed by atoms with van der Waals surface area (Å²) in [4.78, 5) is 2.41. The molecule has 0 amide bonds. The van der Waals surface area contributed by atoms with Crippen molar-refractivity contribution in [2.24, 2.45) is 5.73 Å². The van der Waals surface area contributed by atoms with Gasteiger partial charge in [0.2, 0.25) is 0 Å². The number of piperidine rings is 1. The number of rotatable bonds is 5. The van der Waals surface area contributed by atoms with E-state index >= 15 is 0 Å². The lowest BCUT2D eigenvalue weighted by Gasteiger charge is -2.35. The van der Waals surface area contributed by atoms with E-state index in [4.69, 9.17) is 10.5 Å². The van der Waals surface area contributed by atoms with Crippen molar-refractivity contribution in [2.75, 3.05) is 24.6 Å². The zero-order valence-electron chi connectivity index (χ0n) is 11.6. The van der Waals surface area contributed by atoms with Gasteiger partial charge in [-0.05, 0) is 52.9 Å². The highest BCUT2D eigenvalue weighted by Crippen LogP contribution is 2.30. The summed E-state index contributed by atoms with van der Waals surface area (Å²) in [5.74, 6) is 0. The van der Waals surface area contributed by atoms with Crippen LogP contribution in [0.3, 0.4) is 0 Å².